The number of benzene rings is 2. The number of rotatable bonds is 10. The van der Waals surface area contributed by atoms with E-state index >= 15 is 0 Å². The summed E-state index contributed by atoms with van der Waals surface area (Å²) >= 11 is 0. The lowest BCUT2D eigenvalue weighted by molar-refractivity contribution is 0.414. The average Bonchev–Trinajstić information content (AvgIpc) is 3.56. The van der Waals surface area contributed by atoms with E-state index < -0.39 is 0 Å². The molecule has 6 rings (SSSR count). The second kappa shape index (κ2) is 12.8. The van der Waals surface area contributed by atoms with E-state index in [9.17, 15) is 4.79 Å². The van der Waals surface area contributed by atoms with Gasteiger partial charge in [0.2, 0.25) is 5.95 Å². The predicted octanol–water partition coefficient (Wildman–Crippen LogP) is 6.88. The number of hydrogen-bond donors (Lipinski definition) is 1. The van der Waals surface area contributed by atoms with Crippen LogP contribution in [-0.4, -0.2) is 34.8 Å². The van der Waals surface area contributed by atoms with Gasteiger partial charge in [0.25, 0.3) is 5.56 Å². The highest BCUT2D eigenvalue weighted by Gasteiger charge is 2.25. The molecule has 8 heteroatoms. The Morgan fingerprint density at radius 1 is 0.833 bits per heavy atom. The van der Waals surface area contributed by atoms with Gasteiger partial charge in [-0.1, -0.05) is 56.4 Å². The molecule has 2 fully saturated rings. The summed E-state index contributed by atoms with van der Waals surface area (Å²) in [5.41, 5.74) is 3.82. The highest BCUT2D eigenvalue weighted by molar-refractivity contribution is 5.89. The van der Waals surface area contributed by atoms with E-state index in [4.69, 9.17) is 19.4 Å². The van der Waals surface area contributed by atoms with Crippen LogP contribution in [0.5, 0.6) is 11.5 Å². The van der Waals surface area contributed by atoms with Gasteiger partial charge in [-0.2, -0.15) is 4.98 Å². The van der Waals surface area contributed by atoms with Crippen LogP contribution < -0.4 is 25.2 Å². The summed E-state index contributed by atoms with van der Waals surface area (Å²) in [5, 5.41) is 4.49. The van der Waals surface area contributed by atoms with Crippen molar-refractivity contribution in [2.45, 2.75) is 83.0 Å². The summed E-state index contributed by atoms with van der Waals surface area (Å²) < 4.78 is 12.7. The zero-order chi connectivity index (χ0) is 28.9. The summed E-state index contributed by atoms with van der Waals surface area (Å²) in [7, 11) is 3.35. The molecule has 220 valence electrons. The number of nitrogens with zero attached hydrogens (tertiary/aromatic N) is 4. The van der Waals surface area contributed by atoms with Crippen molar-refractivity contribution >= 4 is 22.7 Å². The molecule has 2 aromatic heterocycles. The van der Waals surface area contributed by atoms with Crippen LogP contribution in [0.3, 0.4) is 0 Å². The van der Waals surface area contributed by atoms with E-state index in [-0.39, 0.29) is 11.6 Å². The minimum atomic E-state index is 0.00109. The maximum Gasteiger partial charge on any atom is 0.254 e. The molecule has 2 saturated carbocycles. The van der Waals surface area contributed by atoms with Crippen LogP contribution in [-0.2, 0) is 13.1 Å². The first-order chi connectivity index (χ1) is 20.6. The predicted molar refractivity (Wildman–Crippen MR) is 168 cm³/mol. The third kappa shape index (κ3) is 6.22. The van der Waals surface area contributed by atoms with Gasteiger partial charge in [0.05, 0.1) is 25.3 Å². The first-order valence-corrected chi connectivity index (χ1v) is 15.3. The monoisotopic (exact) mass is 567 g/mol. The Bertz CT molecular complexity index is 1490. The molecule has 2 aliphatic carbocycles. The minimum Gasteiger partial charge on any atom is -0.497 e. The van der Waals surface area contributed by atoms with E-state index in [1.54, 1.807) is 20.3 Å². The van der Waals surface area contributed by atoms with Crippen molar-refractivity contribution in [3.63, 3.8) is 0 Å². The third-order valence-electron chi connectivity index (χ3n) is 8.80. The van der Waals surface area contributed by atoms with Gasteiger partial charge >= 0.3 is 0 Å². The second-order valence-electron chi connectivity index (χ2n) is 11.6. The molecule has 2 aromatic carbocycles. The first kappa shape index (κ1) is 28.1. The number of nitrogens with one attached hydrogen (secondary N) is 1. The Balaban J connectivity index is 1.44. The van der Waals surface area contributed by atoms with Crippen molar-refractivity contribution < 1.29 is 9.47 Å². The largest absolute Gasteiger partial charge is 0.497 e. The molecule has 0 amide bonds. The van der Waals surface area contributed by atoms with Crippen molar-refractivity contribution in [1.29, 1.82) is 0 Å². The van der Waals surface area contributed by atoms with Crippen LogP contribution in [0.25, 0.3) is 11.0 Å². The number of aromatic nitrogens is 3. The van der Waals surface area contributed by atoms with Crippen molar-refractivity contribution in [1.82, 2.24) is 14.5 Å². The van der Waals surface area contributed by atoms with Crippen LogP contribution in [0.15, 0.2) is 65.6 Å². The fraction of sp³-hybridized carbons (Fsp3) is 0.441. The maximum absolute atomic E-state index is 13.9. The van der Waals surface area contributed by atoms with Crippen LogP contribution >= 0.6 is 0 Å². The van der Waals surface area contributed by atoms with Gasteiger partial charge in [0.15, 0.2) is 5.65 Å². The third-order valence-corrected chi connectivity index (χ3v) is 8.80. The van der Waals surface area contributed by atoms with Gasteiger partial charge in [-0.25, -0.2) is 4.98 Å². The summed E-state index contributed by atoms with van der Waals surface area (Å²) in [5.74, 6) is 2.25. The van der Waals surface area contributed by atoms with Gasteiger partial charge in [0.1, 0.15) is 11.5 Å². The Labute approximate surface area is 247 Å². The van der Waals surface area contributed by atoms with E-state index in [2.05, 4.69) is 34.5 Å². The number of anilines is 2. The Hall–Kier alpha value is -4.07. The van der Waals surface area contributed by atoms with Gasteiger partial charge in [-0.3, -0.25) is 9.36 Å². The second-order valence-corrected chi connectivity index (χ2v) is 11.6. The van der Waals surface area contributed by atoms with E-state index in [0.717, 1.165) is 77.9 Å². The lowest BCUT2D eigenvalue weighted by Crippen LogP contribution is -2.29. The molecule has 1 N–H and O–H groups in total. The molecule has 0 bridgehead atoms. The van der Waals surface area contributed by atoms with Crippen LogP contribution in [0.2, 0.25) is 0 Å². The van der Waals surface area contributed by atoms with Gasteiger partial charge in [-0.05, 0) is 61.1 Å². The molecule has 8 nitrogen and oxygen atoms in total. The smallest absolute Gasteiger partial charge is 0.254 e. The molecule has 2 heterocycles. The highest BCUT2D eigenvalue weighted by Crippen LogP contribution is 2.34. The summed E-state index contributed by atoms with van der Waals surface area (Å²) in [6.45, 7) is 1.22. The highest BCUT2D eigenvalue weighted by atomic mass is 16.5. The van der Waals surface area contributed by atoms with E-state index in [0.29, 0.717) is 25.1 Å². The Morgan fingerprint density at radius 2 is 1.40 bits per heavy atom. The molecule has 0 unspecified atom stereocenters. The normalized spacial score (nSPS) is 16.0. The number of methoxy groups -OCH3 is 2. The molecule has 4 aromatic rings. The SMILES string of the molecule is COc1ccc(CN(Cc2ccc(OC)cc2)c2cc(=O)n(C3CCCC3)c3nc(NC4CCCCC4)ncc23)cc1. The first-order valence-electron chi connectivity index (χ1n) is 15.3. The summed E-state index contributed by atoms with van der Waals surface area (Å²) in [6, 6.07) is 18.5. The van der Waals surface area contributed by atoms with Gasteiger partial charge in [0, 0.05) is 37.4 Å². The zero-order valence-corrected chi connectivity index (χ0v) is 24.7. The molecule has 0 aliphatic heterocycles. The quantitative estimate of drug-likeness (QED) is 0.224. The molecular formula is C34H41N5O3. The number of fused-ring (bicyclic) bond motifs is 1. The van der Waals surface area contributed by atoms with Crippen molar-refractivity contribution in [2.24, 2.45) is 0 Å². The molecule has 2 aliphatic rings. The molecule has 0 radical (unpaired) electrons. The fourth-order valence-corrected chi connectivity index (χ4v) is 6.51. The molecule has 42 heavy (non-hydrogen) atoms. The molecular weight excluding hydrogens is 526 g/mol. The molecule has 0 spiro atoms. The van der Waals surface area contributed by atoms with E-state index in [1.165, 1.54) is 19.3 Å². The van der Waals surface area contributed by atoms with Crippen molar-refractivity contribution in [2.75, 3.05) is 24.4 Å². The average molecular weight is 568 g/mol. The number of ether oxygens (including phenoxy) is 2. The van der Waals surface area contributed by atoms with Crippen LogP contribution in [0.1, 0.15) is 75.0 Å². The van der Waals surface area contributed by atoms with Crippen molar-refractivity contribution in [3.8, 4) is 11.5 Å². The minimum absolute atomic E-state index is 0.00109. The van der Waals surface area contributed by atoms with Gasteiger partial charge < -0.3 is 19.7 Å². The Morgan fingerprint density at radius 3 is 1.98 bits per heavy atom. The topological polar surface area (TPSA) is 81.5 Å². The molecule has 0 atom stereocenters. The number of pyridine rings is 1. The van der Waals surface area contributed by atoms with Crippen LogP contribution in [0.4, 0.5) is 11.6 Å². The maximum atomic E-state index is 13.9. The lowest BCUT2D eigenvalue weighted by atomic mass is 9.96. The van der Waals surface area contributed by atoms with Crippen molar-refractivity contribution in [3.05, 3.63) is 82.3 Å². The standard InChI is InChI=1S/C34H41N5O3/c1-41-28-16-12-24(13-17-28)22-38(23-25-14-18-29(42-2)19-15-25)31-20-32(40)39(27-10-6-7-11-27)33-30(31)21-35-34(37-33)36-26-8-4-3-5-9-26/h12-21,26-27H,3-11,22-23H2,1-2H3,(H,35,36,37). The van der Waals surface area contributed by atoms with E-state index in [1.807, 2.05) is 35.0 Å². The number of hydrogen-bond acceptors (Lipinski definition) is 7. The van der Waals surface area contributed by atoms with Crippen LogP contribution in [0, 0.1) is 0 Å². The summed E-state index contributed by atoms with van der Waals surface area (Å²) in [4.78, 5) is 26.1. The lowest BCUT2D eigenvalue weighted by Gasteiger charge is -2.28. The zero-order valence-electron chi connectivity index (χ0n) is 24.7. The van der Waals surface area contributed by atoms with Gasteiger partial charge in [-0.15, -0.1) is 0 Å². The fourth-order valence-electron chi connectivity index (χ4n) is 6.51. The Kier molecular flexibility index (Phi) is 8.58. The molecule has 0 saturated heterocycles. The summed E-state index contributed by atoms with van der Waals surface area (Å²) in [6.07, 6.45) is 12.2.